The van der Waals surface area contributed by atoms with Crippen LogP contribution in [0.25, 0.3) is 0 Å². The molecule has 0 amide bonds. The normalized spacial score (nSPS) is 9.12. The van der Waals surface area contributed by atoms with Crippen molar-refractivity contribution in [2.45, 2.75) is 6.61 Å². The summed E-state index contributed by atoms with van der Waals surface area (Å²) in [6, 6.07) is 5.31. The van der Waals surface area contributed by atoms with E-state index < -0.39 is 0 Å². The van der Waals surface area contributed by atoms with Crippen molar-refractivity contribution >= 4 is 0 Å². The molecule has 0 aliphatic carbocycles. The lowest BCUT2D eigenvalue weighted by molar-refractivity contribution is -0.387. The molecule has 1 aromatic rings. The van der Waals surface area contributed by atoms with E-state index in [9.17, 15) is 5.11 Å². The van der Waals surface area contributed by atoms with E-state index in [4.69, 9.17) is 0 Å². The van der Waals surface area contributed by atoms with Gasteiger partial charge in [-0.15, -0.1) is 0 Å². The van der Waals surface area contributed by atoms with Crippen LogP contribution in [0.4, 0.5) is 0 Å². The Bertz CT molecular complexity index is 150. The number of hydrogen-bond donors (Lipinski definition) is 0. The zero-order valence-corrected chi connectivity index (χ0v) is 4.37. The average molecular weight is 108 g/mol. The number of nitrogens with zero attached hydrogens (tertiary/aromatic N) is 1. The summed E-state index contributed by atoms with van der Waals surface area (Å²) in [6.07, 6.45) is 1.62. The molecule has 0 aromatic carbocycles. The van der Waals surface area contributed by atoms with Crippen molar-refractivity contribution in [3.8, 4) is 0 Å². The minimum atomic E-state index is -0.221. The molecule has 0 saturated heterocycles. The molecule has 0 N–H and O–H groups in total. The Morgan fingerprint density at radius 1 is 1.50 bits per heavy atom. The lowest BCUT2D eigenvalue weighted by atomic mass is 10.4. The first-order valence-corrected chi connectivity index (χ1v) is 2.41. The Balaban J connectivity index is 2.83. The average Bonchev–Trinajstić information content (AvgIpc) is 1.90. The van der Waals surface area contributed by atoms with E-state index in [-0.39, 0.29) is 6.61 Å². The fourth-order valence-electron chi connectivity index (χ4n) is 0.484. The van der Waals surface area contributed by atoms with E-state index >= 15 is 0 Å². The van der Waals surface area contributed by atoms with Gasteiger partial charge >= 0.3 is 0 Å². The van der Waals surface area contributed by atoms with E-state index in [2.05, 4.69) is 4.98 Å². The third-order valence-electron chi connectivity index (χ3n) is 0.874. The molecule has 0 fully saturated rings. The summed E-state index contributed by atoms with van der Waals surface area (Å²) < 4.78 is 0. The minimum Gasteiger partial charge on any atom is -0.850 e. The van der Waals surface area contributed by atoms with Gasteiger partial charge in [0.2, 0.25) is 0 Å². The predicted molar refractivity (Wildman–Crippen MR) is 27.9 cm³/mol. The van der Waals surface area contributed by atoms with Crippen molar-refractivity contribution in [2.75, 3.05) is 0 Å². The summed E-state index contributed by atoms with van der Waals surface area (Å²) >= 11 is 0. The van der Waals surface area contributed by atoms with Crippen molar-refractivity contribution in [1.29, 1.82) is 0 Å². The number of hydrogen-bond acceptors (Lipinski definition) is 2. The predicted octanol–water partition coefficient (Wildman–Crippen LogP) is -0.0581. The van der Waals surface area contributed by atoms with Crippen LogP contribution in [-0.4, -0.2) is 4.98 Å². The molecule has 2 nitrogen and oxygen atoms in total. The molecule has 1 aromatic heterocycles. The van der Waals surface area contributed by atoms with E-state index in [0.29, 0.717) is 5.69 Å². The van der Waals surface area contributed by atoms with E-state index in [1.54, 1.807) is 24.4 Å². The Labute approximate surface area is 47.8 Å². The highest BCUT2D eigenvalue weighted by atomic mass is 16.3. The lowest BCUT2D eigenvalue weighted by Crippen LogP contribution is -2.03. The zero-order chi connectivity index (χ0) is 5.82. The summed E-state index contributed by atoms with van der Waals surface area (Å²) in [4.78, 5) is 3.78. The van der Waals surface area contributed by atoms with Gasteiger partial charge in [-0.2, -0.15) is 0 Å². The Morgan fingerprint density at radius 3 is 2.75 bits per heavy atom. The maximum atomic E-state index is 10.1. The first-order valence-electron chi connectivity index (χ1n) is 2.41. The lowest BCUT2D eigenvalue weighted by Gasteiger charge is -1.98. The van der Waals surface area contributed by atoms with Crippen LogP contribution in [0, 0.1) is 0 Å². The summed E-state index contributed by atoms with van der Waals surface area (Å²) in [6.45, 7) is -0.221. The molecule has 1 rings (SSSR count). The molecule has 0 bridgehead atoms. The van der Waals surface area contributed by atoms with Crippen LogP contribution in [0.15, 0.2) is 24.4 Å². The van der Waals surface area contributed by atoms with Gasteiger partial charge in [-0.3, -0.25) is 4.98 Å². The Morgan fingerprint density at radius 2 is 2.38 bits per heavy atom. The van der Waals surface area contributed by atoms with Crippen LogP contribution in [-0.2, 0) is 6.61 Å². The van der Waals surface area contributed by atoms with Crippen LogP contribution in [0.3, 0.4) is 0 Å². The summed E-state index contributed by atoms with van der Waals surface area (Å²) in [5.41, 5.74) is 0.604. The van der Waals surface area contributed by atoms with Gasteiger partial charge in [-0.05, 0) is 12.1 Å². The fourth-order valence-corrected chi connectivity index (χ4v) is 0.484. The molecule has 0 aliphatic rings. The van der Waals surface area contributed by atoms with Crippen LogP contribution in [0.5, 0.6) is 0 Å². The zero-order valence-electron chi connectivity index (χ0n) is 4.37. The number of aromatic nitrogens is 1. The molecule has 0 unspecified atom stereocenters. The van der Waals surface area contributed by atoms with Crippen molar-refractivity contribution in [2.24, 2.45) is 0 Å². The van der Waals surface area contributed by atoms with Crippen LogP contribution >= 0.6 is 0 Å². The second kappa shape index (κ2) is 2.43. The first-order chi connectivity index (χ1) is 3.93. The van der Waals surface area contributed by atoms with Crippen molar-refractivity contribution in [3.63, 3.8) is 0 Å². The van der Waals surface area contributed by atoms with Gasteiger partial charge < -0.3 is 5.11 Å². The van der Waals surface area contributed by atoms with Crippen molar-refractivity contribution in [1.82, 2.24) is 4.98 Å². The molecule has 0 atom stereocenters. The van der Waals surface area contributed by atoms with E-state index in [1.807, 2.05) is 0 Å². The number of rotatable bonds is 1. The molecule has 0 aliphatic heterocycles. The Hall–Kier alpha value is -0.890. The van der Waals surface area contributed by atoms with E-state index in [0.717, 1.165) is 0 Å². The fraction of sp³-hybridized carbons (Fsp3) is 0.167. The molecule has 0 saturated carbocycles. The molecule has 1 heterocycles. The number of pyridine rings is 1. The Kier molecular flexibility index (Phi) is 1.59. The molecule has 0 spiro atoms. The quantitative estimate of drug-likeness (QED) is 0.505. The minimum absolute atomic E-state index is 0.221. The third-order valence-corrected chi connectivity index (χ3v) is 0.874. The highest BCUT2D eigenvalue weighted by Crippen LogP contribution is 1.87. The second-order valence-corrected chi connectivity index (χ2v) is 1.47. The standard InChI is InChI=1S/C6H6NO/c8-5-6-3-1-2-4-7-6/h1-4H,5H2/q-1. The van der Waals surface area contributed by atoms with Crippen molar-refractivity contribution in [3.05, 3.63) is 30.1 Å². The van der Waals surface area contributed by atoms with Gasteiger partial charge in [0, 0.05) is 11.9 Å². The maximum absolute atomic E-state index is 10.1. The molecule has 0 radical (unpaired) electrons. The van der Waals surface area contributed by atoms with Crippen molar-refractivity contribution < 1.29 is 5.11 Å². The van der Waals surface area contributed by atoms with Gasteiger partial charge in [0.05, 0.1) is 0 Å². The van der Waals surface area contributed by atoms with Gasteiger partial charge in [-0.1, -0.05) is 12.7 Å². The van der Waals surface area contributed by atoms with Crippen LogP contribution < -0.4 is 5.11 Å². The van der Waals surface area contributed by atoms with Gasteiger partial charge in [-0.25, -0.2) is 0 Å². The van der Waals surface area contributed by atoms with Crippen LogP contribution in [0.1, 0.15) is 5.69 Å². The van der Waals surface area contributed by atoms with Gasteiger partial charge in [0.15, 0.2) is 0 Å². The summed E-state index contributed by atoms with van der Waals surface area (Å²) in [5.74, 6) is 0. The second-order valence-electron chi connectivity index (χ2n) is 1.47. The largest absolute Gasteiger partial charge is 0.850 e. The molecule has 42 valence electrons. The summed E-state index contributed by atoms with van der Waals surface area (Å²) in [7, 11) is 0. The third kappa shape index (κ3) is 1.04. The smallest absolute Gasteiger partial charge is 0.0270 e. The highest BCUT2D eigenvalue weighted by molar-refractivity contribution is 5.01. The maximum Gasteiger partial charge on any atom is 0.0270 e. The first kappa shape index (κ1) is 5.25. The molecule has 8 heavy (non-hydrogen) atoms. The van der Waals surface area contributed by atoms with E-state index in [1.165, 1.54) is 0 Å². The SMILES string of the molecule is [O-]Cc1ccccn1. The molecular weight excluding hydrogens is 102 g/mol. The molecular formula is C6H6NO-. The van der Waals surface area contributed by atoms with Gasteiger partial charge in [0.25, 0.3) is 0 Å². The monoisotopic (exact) mass is 108 g/mol. The molecule has 2 heteroatoms. The van der Waals surface area contributed by atoms with Gasteiger partial charge in [0.1, 0.15) is 0 Å². The highest BCUT2D eigenvalue weighted by Gasteiger charge is 1.76. The summed E-state index contributed by atoms with van der Waals surface area (Å²) in [5, 5.41) is 10.1. The van der Waals surface area contributed by atoms with Crippen LogP contribution in [0.2, 0.25) is 0 Å². The topological polar surface area (TPSA) is 36.0 Å².